The van der Waals surface area contributed by atoms with Gasteiger partial charge in [0.1, 0.15) is 92.4 Å². The SMILES string of the molecule is NCCCCNCC(=O)N(CC(=O)N(CC(=O)N(CCCCN)CC(=O)N(CC(=O)N(CC(=O)N(CCCCN)CC(=O)N(CC(=O)N(CC(=O)N(CCCCN)CC(=O)N(CC(=O)N(CC(N)=O)Cc1ccc(F)cc1)Cc1ccc(F)cc1)Cc1ccc(F)cc1)Cc1ccc(F)cc1)Cc1ccc(F)cc1)Cc1ccc(F)cc1)Cc1ccc(F)cc1)Cc1ccc(F)cc1. The quantitative estimate of drug-likeness (QED) is 0.0168. The first kappa shape index (κ1) is 105. The Morgan fingerprint density at radius 3 is 0.526 bits per heavy atom. The first-order chi connectivity index (χ1) is 63.8. The third-order valence-electron chi connectivity index (χ3n) is 21.5. The molecule has 37 heteroatoms. The second-order valence-electron chi connectivity index (χ2n) is 32.1. The zero-order chi connectivity index (χ0) is 96.3. The van der Waals surface area contributed by atoms with Crippen LogP contribution < -0.4 is 34.0 Å². The topological polar surface area (TPSA) is 383 Å². The first-order valence-corrected chi connectivity index (χ1v) is 43.6. The van der Waals surface area contributed by atoms with Crippen LogP contribution in [0.15, 0.2) is 194 Å². The number of hydrogen-bond donors (Lipinski definition) is 6. The average Bonchev–Trinajstić information content (AvgIpc) is 0.844. The van der Waals surface area contributed by atoms with Gasteiger partial charge in [0, 0.05) is 72.0 Å². The van der Waals surface area contributed by atoms with Gasteiger partial charge in [-0.2, -0.15) is 0 Å². The summed E-state index contributed by atoms with van der Waals surface area (Å²) in [5.74, 6) is -15.2. The van der Waals surface area contributed by atoms with Gasteiger partial charge in [-0.3, -0.25) is 57.5 Å². The van der Waals surface area contributed by atoms with E-state index in [1.165, 1.54) is 114 Å². The molecule has 133 heavy (non-hydrogen) atoms. The van der Waals surface area contributed by atoms with Crippen LogP contribution in [-0.2, 0) is 110 Å². The molecule has 0 atom stereocenters. The standard InChI is InChI=1S/C96H115F8N17O12/c97-77-25-9-69(10-26-77)50-114(58-85(109)122)93(130)66-119(55-74-19-35-82(102)36-20-74)90(127)59-111(46-6-2-42-106)88(125)63-117(53-72-15-31-80(100)32-16-72)95(132)68-121(57-76-23-39-84(104)40-24-76)92(129)61-113(48-8-4-44-108)89(126)64-118(54-73-17-33-81(101)34-18-73)96(133)67-120(56-75-21-37-83(103)38-22-75)91(128)60-112(47-7-3-43-107)87(124)62-116(52-71-13-29-79(99)30-14-71)94(131)65-115(51-70-11-27-78(98)28-12-70)86(123)49-110-45-5-1-41-105/h9-40,110H,1-8,41-68,105-108H2,(H2,109,122). The number of hydrogen-bond acceptors (Lipinski definition) is 17. The second kappa shape index (κ2) is 55.1. The Balaban J connectivity index is 1.09. The fourth-order valence-electron chi connectivity index (χ4n) is 14.1. The van der Waals surface area contributed by atoms with Crippen molar-refractivity contribution in [3.63, 3.8) is 0 Å². The number of primary amides is 1. The van der Waals surface area contributed by atoms with Crippen molar-refractivity contribution in [2.24, 2.45) is 28.7 Å². The zero-order valence-corrected chi connectivity index (χ0v) is 74.2. The lowest BCUT2D eigenvalue weighted by Crippen LogP contribution is -2.52. The predicted octanol–water partition coefficient (Wildman–Crippen LogP) is 6.85. The Labute approximate surface area is 767 Å². The molecule has 0 aromatic heterocycles. The zero-order valence-electron chi connectivity index (χ0n) is 74.2. The van der Waals surface area contributed by atoms with Gasteiger partial charge in [-0.15, -0.1) is 0 Å². The van der Waals surface area contributed by atoms with E-state index in [1.807, 2.05) is 0 Å². The number of carbonyl (C=O) groups excluding carboxylic acids is 12. The van der Waals surface area contributed by atoms with E-state index in [4.69, 9.17) is 28.7 Å². The molecule has 12 amide bonds. The van der Waals surface area contributed by atoms with Crippen molar-refractivity contribution in [2.75, 3.05) is 131 Å². The van der Waals surface area contributed by atoms with Crippen LogP contribution in [0.25, 0.3) is 0 Å². The molecular weight excluding hydrogens is 1740 g/mol. The highest BCUT2D eigenvalue weighted by Gasteiger charge is 2.35. The molecule has 0 aliphatic rings. The second-order valence-corrected chi connectivity index (χ2v) is 32.1. The molecule has 8 aromatic carbocycles. The van der Waals surface area contributed by atoms with Gasteiger partial charge in [-0.25, -0.2) is 35.1 Å². The summed E-state index contributed by atoms with van der Waals surface area (Å²) in [6.45, 7) is -11.0. The number of benzene rings is 8. The molecular formula is C96H115F8N17O12. The molecule has 8 aromatic rings. The van der Waals surface area contributed by atoms with Crippen molar-refractivity contribution >= 4 is 70.9 Å². The van der Waals surface area contributed by atoms with Gasteiger partial charge in [0.05, 0.1) is 32.7 Å². The molecule has 0 bridgehead atoms. The van der Waals surface area contributed by atoms with Crippen molar-refractivity contribution in [1.82, 2.24) is 59.2 Å². The van der Waals surface area contributed by atoms with Crippen molar-refractivity contribution < 1.29 is 92.7 Å². The third kappa shape index (κ3) is 37.1. The Bertz CT molecular complexity index is 5060. The lowest BCUT2D eigenvalue weighted by Gasteiger charge is -2.33. The van der Waals surface area contributed by atoms with Gasteiger partial charge in [0.25, 0.3) is 0 Å². The Hall–Kier alpha value is -13.4. The van der Waals surface area contributed by atoms with Gasteiger partial charge < -0.3 is 87.9 Å². The van der Waals surface area contributed by atoms with Gasteiger partial charge in [-0.1, -0.05) is 97.1 Å². The van der Waals surface area contributed by atoms with Crippen LogP contribution in [0.5, 0.6) is 0 Å². The highest BCUT2D eigenvalue weighted by Crippen LogP contribution is 2.21. The van der Waals surface area contributed by atoms with E-state index in [0.29, 0.717) is 61.0 Å². The molecule has 0 saturated heterocycles. The minimum atomic E-state index is -0.939. The fourth-order valence-corrected chi connectivity index (χ4v) is 14.1. The molecule has 11 N–H and O–H groups in total. The fraction of sp³-hybridized carbons (Fsp3) is 0.375. The molecule has 0 unspecified atom stereocenters. The minimum absolute atomic E-state index is 0.0961. The van der Waals surface area contributed by atoms with Crippen molar-refractivity contribution in [1.29, 1.82) is 0 Å². The first-order valence-electron chi connectivity index (χ1n) is 43.6. The molecule has 0 heterocycles. The van der Waals surface area contributed by atoms with E-state index >= 15 is 33.6 Å². The highest BCUT2D eigenvalue weighted by atomic mass is 19.2. The molecule has 8 rings (SSSR count). The van der Waals surface area contributed by atoms with E-state index in [1.54, 1.807) is 0 Å². The predicted molar refractivity (Wildman–Crippen MR) is 479 cm³/mol. The van der Waals surface area contributed by atoms with Crippen LogP contribution >= 0.6 is 0 Å². The van der Waals surface area contributed by atoms with Gasteiger partial charge in [0.15, 0.2) is 0 Å². The van der Waals surface area contributed by atoms with E-state index in [0.717, 1.165) is 134 Å². The van der Waals surface area contributed by atoms with Gasteiger partial charge in [0.2, 0.25) is 70.9 Å². The number of amides is 12. The number of rotatable bonds is 56. The maximum atomic E-state index is 15.5. The smallest absolute Gasteiger partial charge is 0.242 e. The van der Waals surface area contributed by atoms with Crippen LogP contribution in [0.1, 0.15) is 95.9 Å². The number of halogens is 8. The number of nitrogens with zero attached hydrogens (tertiary/aromatic N) is 11. The van der Waals surface area contributed by atoms with Crippen LogP contribution in [0.4, 0.5) is 35.1 Å². The third-order valence-corrected chi connectivity index (χ3v) is 21.5. The van der Waals surface area contributed by atoms with Crippen LogP contribution in [-0.4, -0.2) is 256 Å². The normalized spacial score (nSPS) is 11.0. The summed E-state index contributed by atoms with van der Waals surface area (Å²) < 4.78 is 116. The number of carbonyl (C=O) groups is 12. The largest absolute Gasteiger partial charge is 0.368 e. The summed E-state index contributed by atoms with van der Waals surface area (Å²) in [5, 5.41) is 3.05. The van der Waals surface area contributed by atoms with E-state index in [9.17, 15) is 59.1 Å². The van der Waals surface area contributed by atoms with Crippen LogP contribution in [0, 0.1) is 46.5 Å². The maximum absolute atomic E-state index is 15.5. The van der Waals surface area contributed by atoms with E-state index in [2.05, 4.69) is 5.32 Å². The number of nitrogens with one attached hydrogen (secondary N) is 1. The molecule has 712 valence electrons. The Morgan fingerprint density at radius 1 is 0.203 bits per heavy atom. The highest BCUT2D eigenvalue weighted by molar-refractivity contribution is 5.95. The Kier molecular flexibility index (Phi) is 43.5. The summed E-state index contributed by atoms with van der Waals surface area (Å²) in [4.78, 5) is 190. The summed E-state index contributed by atoms with van der Waals surface area (Å²) >= 11 is 0. The summed E-state index contributed by atoms with van der Waals surface area (Å²) in [7, 11) is 0. The lowest BCUT2D eigenvalue weighted by molar-refractivity contribution is -0.150. The molecule has 0 spiro atoms. The Morgan fingerprint density at radius 2 is 0.353 bits per heavy atom. The number of nitrogens with two attached hydrogens (primary N) is 5. The molecule has 0 aliphatic carbocycles. The monoisotopic (exact) mass is 1850 g/mol. The van der Waals surface area contributed by atoms with E-state index in [-0.39, 0.29) is 120 Å². The minimum Gasteiger partial charge on any atom is -0.368 e. The molecule has 0 fully saturated rings. The summed E-state index contributed by atoms with van der Waals surface area (Å²) in [6, 6.07) is 39.8. The molecule has 0 aliphatic heterocycles. The summed E-state index contributed by atoms with van der Waals surface area (Å²) in [6.07, 6.45) is 2.76. The number of unbranched alkanes of at least 4 members (excludes halogenated alkanes) is 4. The van der Waals surface area contributed by atoms with Crippen molar-refractivity contribution in [3.8, 4) is 0 Å². The maximum Gasteiger partial charge on any atom is 0.242 e. The lowest BCUT2D eigenvalue weighted by atomic mass is 10.1. The van der Waals surface area contributed by atoms with Crippen molar-refractivity contribution in [2.45, 2.75) is 104 Å². The van der Waals surface area contributed by atoms with Crippen LogP contribution in [0.2, 0.25) is 0 Å². The van der Waals surface area contributed by atoms with Crippen molar-refractivity contribution in [3.05, 3.63) is 285 Å². The van der Waals surface area contributed by atoms with Crippen LogP contribution in [0.3, 0.4) is 0 Å². The molecule has 0 saturated carbocycles. The molecule has 29 nitrogen and oxygen atoms in total. The molecule has 0 radical (unpaired) electrons. The van der Waals surface area contributed by atoms with Gasteiger partial charge in [-0.05, 0) is 226 Å². The average molecular weight is 1850 g/mol. The van der Waals surface area contributed by atoms with Gasteiger partial charge >= 0.3 is 0 Å². The van der Waals surface area contributed by atoms with E-state index < -0.39 is 216 Å². The summed E-state index contributed by atoms with van der Waals surface area (Å²) in [5.41, 5.74) is 31.8.